The van der Waals surface area contributed by atoms with E-state index in [0.717, 1.165) is 33.4 Å². The fourth-order valence-corrected chi connectivity index (χ4v) is 4.58. The zero-order valence-electron chi connectivity index (χ0n) is 17.8. The molecule has 2 nitrogen and oxygen atoms in total. The number of para-hydroxylation sites is 2. The van der Waals surface area contributed by atoms with Gasteiger partial charge in [-0.2, -0.15) is 0 Å². The number of nitrogens with one attached hydrogen (secondary N) is 1. The lowest BCUT2D eigenvalue weighted by Crippen LogP contribution is -1.91. The van der Waals surface area contributed by atoms with Gasteiger partial charge in [-0.05, 0) is 42.3 Å². The Balaban J connectivity index is 1.72. The first kappa shape index (κ1) is 18.6. The van der Waals surface area contributed by atoms with Gasteiger partial charge in [0.05, 0.1) is 16.9 Å². The summed E-state index contributed by atoms with van der Waals surface area (Å²) in [5.74, 6) is 0. The molecule has 0 aliphatic rings. The molecule has 32 heavy (non-hydrogen) atoms. The molecular formula is C30H22N2. The molecule has 0 aliphatic carbocycles. The molecule has 0 spiro atoms. The molecule has 1 N–H and O–H groups in total. The summed E-state index contributed by atoms with van der Waals surface area (Å²) in [6.45, 7) is 2.12. The fraction of sp³-hybridized carbons (Fsp3) is 0.0333. The van der Waals surface area contributed by atoms with Crippen molar-refractivity contribution in [2.45, 2.75) is 6.92 Å². The first-order valence-electron chi connectivity index (χ1n) is 10.9. The highest BCUT2D eigenvalue weighted by molar-refractivity contribution is 6.10. The number of fused-ring (bicyclic) bond motifs is 2. The van der Waals surface area contributed by atoms with E-state index in [4.69, 9.17) is 4.98 Å². The van der Waals surface area contributed by atoms with E-state index in [9.17, 15) is 0 Å². The molecule has 0 fully saturated rings. The highest BCUT2D eigenvalue weighted by atomic mass is 14.7. The van der Waals surface area contributed by atoms with Crippen molar-refractivity contribution in [2.24, 2.45) is 0 Å². The van der Waals surface area contributed by atoms with E-state index in [-0.39, 0.29) is 0 Å². The number of hydrogen-bond donors (Lipinski definition) is 1. The van der Waals surface area contributed by atoms with Gasteiger partial charge < -0.3 is 4.98 Å². The Labute approximate surface area is 187 Å². The zero-order valence-corrected chi connectivity index (χ0v) is 17.8. The standard InChI is InChI=1S/C30H22N2/c1-20-10-9-13-22(18-20)28-19-25(23-14-5-7-16-26(23)31-28)29-24-15-6-8-17-27(24)32-30(29)21-11-3-2-4-12-21/h2-19,32H,1H3. The molecule has 0 atom stereocenters. The van der Waals surface area contributed by atoms with Crippen LogP contribution in [0, 0.1) is 6.92 Å². The molecular weight excluding hydrogens is 388 g/mol. The average molecular weight is 411 g/mol. The number of hydrogen-bond acceptors (Lipinski definition) is 1. The van der Waals surface area contributed by atoms with Crippen LogP contribution in [-0.2, 0) is 0 Å². The third-order valence-corrected chi connectivity index (χ3v) is 6.07. The normalized spacial score (nSPS) is 11.3. The third kappa shape index (κ3) is 3.09. The van der Waals surface area contributed by atoms with Crippen LogP contribution >= 0.6 is 0 Å². The average Bonchev–Trinajstić information content (AvgIpc) is 3.23. The van der Waals surface area contributed by atoms with Gasteiger partial charge in [0.2, 0.25) is 0 Å². The van der Waals surface area contributed by atoms with E-state index in [1.165, 1.54) is 27.6 Å². The van der Waals surface area contributed by atoms with Gasteiger partial charge in [-0.3, -0.25) is 0 Å². The molecule has 4 aromatic carbocycles. The maximum Gasteiger partial charge on any atom is 0.0716 e. The summed E-state index contributed by atoms with van der Waals surface area (Å²) < 4.78 is 0. The summed E-state index contributed by atoms with van der Waals surface area (Å²) >= 11 is 0. The number of H-pyrrole nitrogens is 1. The zero-order chi connectivity index (χ0) is 21.5. The summed E-state index contributed by atoms with van der Waals surface area (Å²) in [5, 5.41) is 2.38. The third-order valence-electron chi connectivity index (χ3n) is 6.07. The Hall–Kier alpha value is -4.17. The number of rotatable bonds is 3. The largest absolute Gasteiger partial charge is 0.354 e. The number of nitrogens with zero attached hydrogens (tertiary/aromatic N) is 1. The van der Waals surface area contributed by atoms with Crippen LogP contribution in [-0.4, -0.2) is 9.97 Å². The molecule has 2 heterocycles. The van der Waals surface area contributed by atoms with E-state index in [1.807, 2.05) is 0 Å². The minimum Gasteiger partial charge on any atom is -0.354 e. The number of aryl methyl sites for hydroxylation is 1. The molecule has 6 rings (SSSR count). The van der Waals surface area contributed by atoms with Crippen molar-refractivity contribution < 1.29 is 0 Å². The van der Waals surface area contributed by atoms with Gasteiger partial charge in [0.1, 0.15) is 0 Å². The second-order valence-electron chi connectivity index (χ2n) is 8.23. The summed E-state index contributed by atoms with van der Waals surface area (Å²) in [4.78, 5) is 8.72. The van der Waals surface area contributed by atoms with Gasteiger partial charge in [-0.1, -0.05) is 90.5 Å². The van der Waals surface area contributed by atoms with Gasteiger partial charge in [-0.15, -0.1) is 0 Å². The van der Waals surface area contributed by atoms with Gasteiger partial charge >= 0.3 is 0 Å². The molecule has 2 aromatic heterocycles. The predicted molar refractivity (Wildman–Crippen MR) is 135 cm³/mol. The predicted octanol–water partition coefficient (Wildman–Crippen LogP) is 8.03. The van der Waals surface area contributed by atoms with Crippen LogP contribution in [0.15, 0.2) is 109 Å². The quantitative estimate of drug-likeness (QED) is 0.314. The Kier molecular flexibility index (Phi) is 4.36. The molecule has 0 radical (unpaired) electrons. The summed E-state index contributed by atoms with van der Waals surface area (Å²) in [6.07, 6.45) is 0. The van der Waals surface area contributed by atoms with Crippen molar-refractivity contribution in [3.63, 3.8) is 0 Å². The first-order valence-corrected chi connectivity index (χ1v) is 10.9. The molecule has 2 heteroatoms. The van der Waals surface area contributed by atoms with Crippen molar-refractivity contribution in [3.8, 4) is 33.6 Å². The lowest BCUT2D eigenvalue weighted by atomic mass is 9.94. The minimum absolute atomic E-state index is 0.992. The van der Waals surface area contributed by atoms with E-state index in [0.29, 0.717) is 0 Å². The lowest BCUT2D eigenvalue weighted by molar-refractivity contribution is 1.38. The van der Waals surface area contributed by atoms with Crippen molar-refractivity contribution >= 4 is 21.8 Å². The van der Waals surface area contributed by atoms with Crippen molar-refractivity contribution in [1.82, 2.24) is 9.97 Å². The van der Waals surface area contributed by atoms with E-state index in [2.05, 4.69) is 121 Å². The molecule has 0 unspecified atom stereocenters. The Morgan fingerprint density at radius 2 is 1.34 bits per heavy atom. The number of aromatic amines is 1. The SMILES string of the molecule is Cc1cccc(-c2cc(-c3c(-c4ccccc4)[nH]c4ccccc34)c3ccccc3n2)c1. The molecule has 152 valence electrons. The Morgan fingerprint density at radius 3 is 2.19 bits per heavy atom. The Bertz CT molecular complexity index is 1580. The first-order chi connectivity index (χ1) is 15.8. The summed E-state index contributed by atoms with van der Waals surface area (Å²) in [6, 6.07) is 38.4. The van der Waals surface area contributed by atoms with Crippen LogP contribution in [0.4, 0.5) is 0 Å². The monoisotopic (exact) mass is 410 g/mol. The van der Waals surface area contributed by atoms with Gasteiger partial charge in [0.15, 0.2) is 0 Å². The van der Waals surface area contributed by atoms with Gasteiger partial charge in [0, 0.05) is 27.4 Å². The molecule has 0 aliphatic heterocycles. The van der Waals surface area contributed by atoms with Gasteiger partial charge in [-0.25, -0.2) is 4.98 Å². The van der Waals surface area contributed by atoms with E-state index < -0.39 is 0 Å². The van der Waals surface area contributed by atoms with Crippen LogP contribution in [0.2, 0.25) is 0 Å². The fourth-order valence-electron chi connectivity index (χ4n) is 4.58. The number of pyridine rings is 1. The molecule has 0 amide bonds. The van der Waals surface area contributed by atoms with Crippen LogP contribution in [0.5, 0.6) is 0 Å². The second kappa shape index (κ2) is 7.51. The highest BCUT2D eigenvalue weighted by Gasteiger charge is 2.18. The topological polar surface area (TPSA) is 28.7 Å². The van der Waals surface area contributed by atoms with Crippen molar-refractivity contribution in [3.05, 3.63) is 115 Å². The molecule has 0 bridgehead atoms. The number of aromatic nitrogens is 2. The highest BCUT2D eigenvalue weighted by Crippen LogP contribution is 2.42. The van der Waals surface area contributed by atoms with Crippen LogP contribution in [0.25, 0.3) is 55.4 Å². The maximum absolute atomic E-state index is 5.03. The number of benzene rings is 4. The summed E-state index contributed by atoms with van der Waals surface area (Å²) in [7, 11) is 0. The smallest absolute Gasteiger partial charge is 0.0716 e. The molecule has 0 saturated heterocycles. The summed E-state index contributed by atoms with van der Waals surface area (Å²) in [5.41, 5.74) is 10.2. The van der Waals surface area contributed by atoms with Crippen molar-refractivity contribution in [2.75, 3.05) is 0 Å². The van der Waals surface area contributed by atoms with E-state index in [1.54, 1.807) is 0 Å². The lowest BCUT2D eigenvalue weighted by Gasteiger charge is -2.12. The Morgan fingerprint density at radius 1 is 0.625 bits per heavy atom. The second-order valence-corrected chi connectivity index (χ2v) is 8.23. The van der Waals surface area contributed by atoms with Crippen LogP contribution in [0.3, 0.4) is 0 Å². The van der Waals surface area contributed by atoms with Crippen LogP contribution in [0.1, 0.15) is 5.56 Å². The van der Waals surface area contributed by atoms with E-state index >= 15 is 0 Å². The maximum atomic E-state index is 5.03. The molecule has 6 aromatic rings. The minimum atomic E-state index is 0.992. The molecule has 0 saturated carbocycles. The van der Waals surface area contributed by atoms with Crippen LogP contribution < -0.4 is 0 Å². The van der Waals surface area contributed by atoms with Crippen molar-refractivity contribution in [1.29, 1.82) is 0 Å². The van der Waals surface area contributed by atoms with Gasteiger partial charge in [0.25, 0.3) is 0 Å².